The van der Waals surface area contributed by atoms with Gasteiger partial charge in [0.1, 0.15) is 0 Å². The van der Waals surface area contributed by atoms with E-state index in [0.717, 1.165) is 22.3 Å². The monoisotopic (exact) mass is 328 g/mol. The van der Waals surface area contributed by atoms with E-state index in [4.69, 9.17) is 4.74 Å². The van der Waals surface area contributed by atoms with E-state index in [1.165, 1.54) is 0 Å². The molecule has 0 atom stereocenters. The fraction of sp³-hybridized carbons (Fsp3) is 0.182. The summed E-state index contributed by atoms with van der Waals surface area (Å²) < 4.78 is 5.89. The zero-order valence-corrected chi connectivity index (χ0v) is 14.2. The Hall–Kier alpha value is -3.14. The first-order valence-electron chi connectivity index (χ1n) is 8.06. The highest BCUT2D eigenvalue weighted by Gasteiger charge is 2.09. The third kappa shape index (κ3) is 4.44. The van der Waals surface area contributed by atoms with Gasteiger partial charge in [-0.15, -0.1) is 13.2 Å². The van der Waals surface area contributed by atoms with E-state index in [1.54, 1.807) is 24.3 Å². The van der Waals surface area contributed by atoms with E-state index >= 15 is 0 Å². The van der Waals surface area contributed by atoms with Crippen LogP contribution in [0.1, 0.15) is 33.4 Å². The van der Waals surface area contributed by atoms with Crippen LogP contribution >= 0.6 is 0 Å². The molecular formula is C22H20N2O. The average molecular weight is 328 g/mol. The number of nitrogens with zero attached hydrogens (tertiary/aromatic N) is 2. The minimum Gasteiger partial charge on any atom is -0.372 e. The van der Waals surface area contributed by atoms with E-state index in [1.807, 2.05) is 24.3 Å². The van der Waals surface area contributed by atoms with Crippen LogP contribution in [0.15, 0.2) is 61.7 Å². The Morgan fingerprint density at radius 1 is 0.800 bits per heavy atom. The Balaban J connectivity index is 2.17. The molecule has 0 aliphatic rings. The second-order valence-electron chi connectivity index (χ2n) is 5.59. The van der Waals surface area contributed by atoms with Crippen LogP contribution in [0.2, 0.25) is 0 Å². The van der Waals surface area contributed by atoms with Crippen LogP contribution in [0.25, 0.3) is 0 Å². The van der Waals surface area contributed by atoms with E-state index in [2.05, 4.69) is 25.3 Å². The highest BCUT2D eigenvalue weighted by Crippen LogP contribution is 2.20. The molecule has 2 aromatic carbocycles. The van der Waals surface area contributed by atoms with Crippen molar-refractivity contribution in [2.75, 3.05) is 0 Å². The largest absolute Gasteiger partial charge is 0.372 e. The molecule has 0 aromatic heterocycles. The smallest absolute Gasteiger partial charge is 0.0994 e. The minimum absolute atomic E-state index is 0.406. The lowest BCUT2D eigenvalue weighted by Gasteiger charge is -2.13. The van der Waals surface area contributed by atoms with Crippen LogP contribution in [0.4, 0.5) is 0 Å². The summed E-state index contributed by atoms with van der Waals surface area (Å²) >= 11 is 0. The average Bonchev–Trinajstić information content (AvgIpc) is 2.64. The molecular weight excluding hydrogens is 308 g/mol. The molecule has 0 amide bonds. The molecule has 2 aromatic rings. The Morgan fingerprint density at radius 3 is 1.60 bits per heavy atom. The summed E-state index contributed by atoms with van der Waals surface area (Å²) in [4.78, 5) is 0. The van der Waals surface area contributed by atoms with Crippen molar-refractivity contribution in [3.8, 4) is 12.1 Å². The minimum atomic E-state index is 0.406. The van der Waals surface area contributed by atoms with Crippen LogP contribution in [0, 0.1) is 22.7 Å². The SMILES string of the molecule is C=CCc1c(C#N)cccc1COCc1cccc(C#N)c1CC=C. The van der Waals surface area contributed by atoms with Gasteiger partial charge in [-0.2, -0.15) is 10.5 Å². The van der Waals surface area contributed by atoms with Crippen molar-refractivity contribution in [2.24, 2.45) is 0 Å². The van der Waals surface area contributed by atoms with Crippen LogP contribution < -0.4 is 0 Å². The van der Waals surface area contributed by atoms with Crippen LogP contribution in [-0.2, 0) is 30.8 Å². The molecule has 3 nitrogen and oxygen atoms in total. The van der Waals surface area contributed by atoms with Gasteiger partial charge in [0.05, 0.1) is 36.5 Å². The Morgan fingerprint density at radius 2 is 1.24 bits per heavy atom. The van der Waals surface area contributed by atoms with Crippen molar-refractivity contribution in [1.82, 2.24) is 0 Å². The Kier molecular flexibility index (Phi) is 6.72. The Bertz CT molecular complexity index is 782. The normalized spacial score (nSPS) is 9.84. The molecule has 0 saturated carbocycles. The first-order valence-corrected chi connectivity index (χ1v) is 8.06. The number of rotatable bonds is 8. The first-order chi connectivity index (χ1) is 12.2. The summed E-state index contributed by atoms with van der Waals surface area (Å²) in [5, 5.41) is 18.5. The number of hydrogen-bond donors (Lipinski definition) is 0. The van der Waals surface area contributed by atoms with Crippen molar-refractivity contribution in [2.45, 2.75) is 26.1 Å². The molecule has 0 unspecified atom stereocenters. The molecule has 3 heteroatoms. The quantitative estimate of drug-likeness (QED) is 0.665. The molecule has 0 aliphatic heterocycles. The molecule has 0 radical (unpaired) electrons. The molecule has 0 saturated heterocycles. The molecule has 0 fully saturated rings. The topological polar surface area (TPSA) is 56.8 Å². The molecule has 0 N–H and O–H groups in total. The molecule has 0 heterocycles. The van der Waals surface area contributed by atoms with Crippen LogP contribution in [0.5, 0.6) is 0 Å². The zero-order valence-electron chi connectivity index (χ0n) is 14.2. The summed E-state index contributed by atoms with van der Waals surface area (Å²) in [6, 6.07) is 15.7. The fourth-order valence-electron chi connectivity index (χ4n) is 2.79. The lowest BCUT2D eigenvalue weighted by Crippen LogP contribution is -2.03. The highest BCUT2D eigenvalue weighted by atomic mass is 16.5. The van der Waals surface area contributed by atoms with E-state index in [-0.39, 0.29) is 0 Å². The molecule has 124 valence electrons. The summed E-state index contributed by atoms with van der Waals surface area (Å²) in [6.45, 7) is 8.33. The van der Waals surface area contributed by atoms with E-state index in [0.29, 0.717) is 37.2 Å². The third-order valence-electron chi connectivity index (χ3n) is 4.00. The molecule has 0 bridgehead atoms. The first kappa shape index (κ1) is 18.2. The third-order valence-corrected chi connectivity index (χ3v) is 4.00. The van der Waals surface area contributed by atoms with E-state index in [9.17, 15) is 10.5 Å². The number of benzene rings is 2. The molecule has 0 spiro atoms. The Labute approximate surface area is 149 Å². The zero-order chi connectivity index (χ0) is 18.1. The number of hydrogen-bond acceptors (Lipinski definition) is 3. The van der Waals surface area contributed by atoms with Crippen LogP contribution in [0.3, 0.4) is 0 Å². The van der Waals surface area contributed by atoms with Gasteiger partial charge in [-0.05, 0) is 47.2 Å². The fourth-order valence-corrected chi connectivity index (χ4v) is 2.79. The summed E-state index contributed by atoms with van der Waals surface area (Å²) in [6.07, 6.45) is 4.85. The molecule has 2 rings (SSSR count). The standard InChI is InChI=1S/C22H20N2O/c1-3-7-21-17(13-23)9-5-11-19(21)15-25-16-20-12-6-10-18(14-24)22(20)8-4-2/h3-6,9-12H,1-2,7-8,15-16H2. The lowest BCUT2D eigenvalue weighted by atomic mass is 9.98. The van der Waals surface area contributed by atoms with Gasteiger partial charge in [-0.25, -0.2) is 0 Å². The van der Waals surface area contributed by atoms with Crippen molar-refractivity contribution in [3.63, 3.8) is 0 Å². The number of ether oxygens (including phenoxy) is 1. The van der Waals surface area contributed by atoms with Crippen molar-refractivity contribution < 1.29 is 4.74 Å². The van der Waals surface area contributed by atoms with Crippen LogP contribution in [-0.4, -0.2) is 0 Å². The molecule has 25 heavy (non-hydrogen) atoms. The van der Waals surface area contributed by atoms with Gasteiger partial charge in [-0.1, -0.05) is 36.4 Å². The second-order valence-corrected chi connectivity index (χ2v) is 5.59. The predicted molar refractivity (Wildman–Crippen MR) is 98.6 cm³/mol. The highest BCUT2D eigenvalue weighted by molar-refractivity contribution is 5.45. The maximum atomic E-state index is 9.26. The summed E-state index contributed by atoms with van der Waals surface area (Å²) in [5.41, 5.74) is 5.19. The van der Waals surface area contributed by atoms with E-state index < -0.39 is 0 Å². The van der Waals surface area contributed by atoms with Crippen molar-refractivity contribution in [3.05, 3.63) is 95.1 Å². The maximum Gasteiger partial charge on any atom is 0.0994 e. The summed E-state index contributed by atoms with van der Waals surface area (Å²) in [5.74, 6) is 0. The van der Waals surface area contributed by atoms with Gasteiger partial charge in [-0.3, -0.25) is 0 Å². The van der Waals surface area contributed by atoms with Gasteiger partial charge in [0.2, 0.25) is 0 Å². The molecule has 0 aliphatic carbocycles. The number of nitriles is 2. The summed E-state index contributed by atoms with van der Waals surface area (Å²) in [7, 11) is 0. The predicted octanol–water partition coefficient (Wildman–Crippen LogP) is 4.60. The van der Waals surface area contributed by atoms with Gasteiger partial charge >= 0.3 is 0 Å². The van der Waals surface area contributed by atoms with Crippen molar-refractivity contribution in [1.29, 1.82) is 10.5 Å². The van der Waals surface area contributed by atoms with Gasteiger partial charge < -0.3 is 4.74 Å². The van der Waals surface area contributed by atoms with Gasteiger partial charge in [0, 0.05) is 0 Å². The second kappa shape index (κ2) is 9.23. The number of allylic oxidation sites excluding steroid dienone is 2. The van der Waals surface area contributed by atoms with Gasteiger partial charge in [0.15, 0.2) is 0 Å². The maximum absolute atomic E-state index is 9.26. The van der Waals surface area contributed by atoms with Crippen molar-refractivity contribution >= 4 is 0 Å². The van der Waals surface area contributed by atoms with Gasteiger partial charge in [0.25, 0.3) is 0 Å². The lowest BCUT2D eigenvalue weighted by molar-refractivity contribution is 0.106.